The molecule has 70 valence electrons. The van der Waals surface area contributed by atoms with Crippen LogP contribution in [-0.2, 0) is 0 Å². The zero-order valence-corrected chi connectivity index (χ0v) is 10.5. The van der Waals surface area contributed by atoms with Crippen LogP contribution in [-0.4, -0.2) is 21.3 Å². The lowest BCUT2D eigenvalue weighted by atomic mass is 10.1. The highest BCUT2D eigenvalue weighted by Gasteiger charge is 2.04. The molecular weight excluding hydrogens is 226 g/mol. The third kappa shape index (κ3) is 7.34. The molecule has 5 heteroatoms. The van der Waals surface area contributed by atoms with Gasteiger partial charge in [0.05, 0.1) is 0 Å². The highest BCUT2D eigenvalue weighted by Crippen LogP contribution is 2.10. The van der Waals surface area contributed by atoms with Gasteiger partial charge in [-0.1, -0.05) is 31.4 Å². The van der Waals surface area contributed by atoms with Crippen LogP contribution in [0.2, 0.25) is 0 Å². The van der Waals surface area contributed by atoms with Crippen LogP contribution in [0.1, 0.15) is 13.3 Å². The Morgan fingerprint density at radius 2 is 2.17 bits per heavy atom. The Morgan fingerprint density at radius 3 is 2.58 bits per heavy atom. The molecule has 0 saturated carbocycles. The Labute approximate surface area is 94.5 Å². The maximum Gasteiger partial charge on any atom is 0.130 e. The van der Waals surface area contributed by atoms with Crippen molar-refractivity contribution in [1.82, 2.24) is 5.32 Å². The molecule has 0 spiro atoms. The monoisotopic (exact) mass is 239 g/mol. The minimum Gasteiger partial charge on any atom is -0.371 e. The standard InChI is InChI=1S/C7H13NS4/c1-5(3-6(9)12-2)4-8-7(10)11/h5H,3-4H2,1-2H3,(H2,8,10,11). The van der Waals surface area contributed by atoms with Gasteiger partial charge in [-0.25, -0.2) is 0 Å². The third-order valence-electron chi connectivity index (χ3n) is 1.34. The van der Waals surface area contributed by atoms with E-state index in [1.807, 2.05) is 6.26 Å². The van der Waals surface area contributed by atoms with Gasteiger partial charge in [-0.05, 0) is 18.6 Å². The fourth-order valence-corrected chi connectivity index (χ4v) is 1.61. The number of hydrogen-bond acceptors (Lipinski definition) is 3. The van der Waals surface area contributed by atoms with Crippen LogP contribution in [0.25, 0.3) is 0 Å². The molecule has 0 aliphatic heterocycles. The number of hydrogen-bond donors (Lipinski definition) is 2. The summed E-state index contributed by atoms with van der Waals surface area (Å²) in [6.45, 7) is 2.99. The predicted octanol–water partition coefficient (Wildman–Crippen LogP) is 2.51. The summed E-state index contributed by atoms with van der Waals surface area (Å²) >= 11 is 15.5. The molecule has 0 fully saturated rings. The third-order valence-corrected chi connectivity index (χ3v) is 2.94. The normalized spacial score (nSPS) is 12.2. The minimum atomic E-state index is 0.523. The fourth-order valence-electron chi connectivity index (χ4n) is 0.702. The van der Waals surface area contributed by atoms with Crippen molar-refractivity contribution in [2.45, 2.75) is 13.3 Å². The van der Waals surface area contributed by atoms with Crippen LogP contribution >= 0.6 is 48.8 Å². The largest absolute Gasteiger partial charge is 0.371 e. The Bertz CT molecular complexity index is 169. The molecule has 0 aromatic carbocycles. The van der Waals surface area contributed by atoms with E-state index in [4.69, 9.17) is 24.4 Å². The Hall–Kier alpha value is 0.680. The molecule has 0 aliphatic rings. The molecule has 0 rings (SSSR count). The zero-order valence-electron chi connectivity index (χ0n) is 7.16. The summed E-state index contributed by atoms with van der Waals surface area (Å²) in [5.74, 6) is 0.523. The van der Waals surface area contributed by atoms with E-state index in [1.54, 1.807) is 11.8 Å². The minimum absolute atomic E-state index is 0.523. The van der Waals surface area contributed by atoms with E-state index >= 15 is 0 Å². The molecule has 1 unspecified atom stereocenters. The number of nitrogens with one attached hydrogen (secondary N) is 1. The molecule has 0 saturated heterocycles. The van der Waals surface area contributed by atoms with Gasteiger partial charge in [0.15, 0.2) is 0 Å². The van der Waals surface area contributed by atoms with Crippen molar-refractivity contribution < 1.29 is 0 Å². The fraction of sp³-hybridized carbons (Fsp3) is 0.714. The lowest BCUT2D eigenvalue weighted by Gasteiger charge is -2.11. The first-order valence-corrected chi connectivity index (χ1v) is 6.08. The van der Waals surface area contributed by atoms with Crippen molar-refractivity contribution in [2.24, 2.45) is 5.92 Å². The van der Waals surface area contributed by atoms with E-state index in [9.17, 15) is 0 Å². The Morgan fingerprint density at radius 1 is 1.58 bits per heavy atom. The van der Waals surface area contributed by atoms with E-state index in [1.165, 1.54) is 0 Å². The highest BCUT2D eigenvalue weighted by atomic mass is 32.2. The summed E-state index contributed by atoms with van der Waals surface area (Å²) < 4.78 is 1.60. The first-order chi connectivity index (χ1) is 5.56. The van der Waals surface area contributed by atoms with Crippen molar-refractivity contribution >= 4 is 57.3 Å². The molecule has 0 aromatic rings. The molecule has 0 aliphatic carbocycles. The van der Waals surface area contributed by atoms with E-state index < -0.39 is 0 Å². The Balaban J connectivity index is 3.52. The molecule has 1 nitrogen and oxygen atoms in total. The number of rotatable bonds is 4. The molecule has 1 atom stereocenters. The second kappa shape index (κ2) is 7.12. The first-order valence-electron chi connectivity index (χ1n) is 3.60. The number of thiol groups is 1. The van der Waals surface area contributed by atoms with Gasteiger partial charge in [-0.2, -0.15) is 0 Å². The van der Waals surface area contributed by atoms with Crippen LogP contribution in [0, 0.1) is 5.92 Å². The van der Waals surface area contributed by atoms with E-state index in [2.05, 4.69) is 24.9 Å². The summed E-state index contributed by atoms with van der Waals surface area (Å²) in [5.41, 5.74) is 0. The van der Waals surface area contributed by atoms with Crippen molar-refractivity contribution in [2.75, 3.05) is 12.8 Å². The summed E-state index contributed by atoms with van der Waals surface area (Å²) in [7, 11) is 0. The van der Waals surface area contributed by atoms with Crippen LogP contribution in [0.4, 0.5) is 0 Å². The van der Waals surface area contributed by atoms with Crippen molar-refractivity contribution in [3.63, 3.8) is 0 Å². The van der Waals surface area contributed by atoms with Crippen molar-refractivity contribution in [3.8, 4) is 0 Å². The summed E-state index contributed by atoms with van der Waals surface area (Å²) in [5, 5.41) is 3.00. The summed E-state index contributed by atoms with van der Waals surface area (Å²) in [4.78, 5) is 0. The van der Waals surface area contributed by atoms with Gasteiger partial charge in [0.25, 0.3) is 0 Å². The van der Waals surface area contributed by atoms with Gasteiger partial charge in [-0.3, -0.25) is 0 Å². The van der Waals surface area contributed by atoms with E-state index in [-0.39, 0.29) is 0 Å². The van der Waals surface area contributed by atoms with Gasteiger partial charge >= 0.3 is 0 Å². The number of thioether (sulfide) groups is 1. The molecule has 0 heterocycles. The second-order valence-electron chi connectivity index (χ2n) is 2.57. The highest BCUT2D eigenvalue weighted by molar-refractivity contribution is 8.22. The van der Waals surface area contributed by atoms with Gasteiger partial charge < -0.3 is 5.32 Å². The van der Waals surface area contributed by atoms with Crippen LogP contribution in [0.5, 0.6) is 0 Å². The van der Waals surface area contributed by atoms with E-state index in [0.717, 1.165) is 17.2 Å². The lowest BCUT2D eigenvalue weighted by molar-refractivity contribution is 0.599. The summed E-state index contributed by atoms with van der Waals surface area (Å²) in [6.07, 6.45) is 2.96. The van der Waals surface area contributed by atoms with Gasteiger partial charge in [0.1, 0.15) is 4.32 Å². The molecule has 0 amide bonds. The summed E-state index contributed by atoms with van der Waals surface area (Å²) in [6, 6.07) is 0. The van der Waals surface area contributed by atoms with Gasteiger partial charge in [0.2, 0.25) is 0 Å². The molecule has 12 heavy (non-hydrogen) atoms. The maximum absolute atomic E-state index is 5.09. The van der Waals surface area contributed by atoms with Crippen LogP contribution in [0.15, 0.2) is 0 Å². The topological polar surface area (TPSA) is 12.0 Å². The molecule has 0 bridgehead atoms. The van der Waals surface area contributed by atoms with E-state index in [0.29, 0.717) is 10.2 Å². The predicted molar refractivity (Wildman–Crippen MR) is 69.5 cm³/mol. The lowest BCUT2D eigenvalue weighted by Crippen LogP contribution is -2.23. The average molecular weight is 239 g/mol. The van der Waals surface area contributed by atoms with Gasteiger partial charge in [0, 0.05) is 10.7 Å². The van der Waals surface area contributed by atoms with Crippen LogP contribution < -0.4 is 5.32 Å². The smallest absolute Gasteiger partial charge is 0.130 e. The molecular formula is C7H13NS4. The van der Waals surface area contributed by atoms with Crippen LogP contribution in [0.3, 0.4) is 0 Å². The van der Waals surface area contributed by atoms with Crippen molar-refractivity contribution in [3.05, 3.63) is 0 Å². The molecule has 0 aromatic heterocycles. The molecule has 1 N–H and O–H groups in total. The SMILES string of the molecule is CSC(=S)CC(C)CNC(=S)S. The second-order valence-corrected chi connectivity index (χ2v) is 5.38. The first kappa shape index (κ1) is 12.7. The van der Waals surface area contributed by atoms with Crippen molar-refractivity contribution in [1.29, 1.82) is 0 Å². The molecule has 0 radical (unpaired) electrons. The van der Waals surface area contributed by atoms with Gasteiger partial charge in [-0.15, -0.1) is 24.4 Å². The maximum atomic E-state index is 5.09. The quantitative estimate of drug-likeness (QED) is 0.577. The zero-order chi connectivity index (χ0) is 9.56. The number of thiocarbonyl (C=S) groups is 2. The Kier molecular flexibility index (Phi) is 7.52. The average Bonchev–Trinajstić information content (AvgIpc) is 2.00.